The largest absolute Gasteiger partial charge is 0.461 e. The van der Waals surface area contributed by atoms with E-state index in [1.54, 1.807) is 18.4 Å². The van der Waals surface area contributed by atoms with E-state index in [0.717, 1.165) is 11.3 Å². The number of allylic oxidation sites excluding steroid dienone is 1. The van der Waals surface area contributed by atoms with Crippen LogP contribution in [0.15, 0.2) is 64.9 Å². The molecule has 0 spiro atoms. The Bertz CT molecular complexity index is 871. The van der Waals surface area contributed by atoms with E-state index in [-0.39, 0.29) is 11.7 Å². The van der Waals surface area contributed by atoms with Gasteiger partial charge in [-0.05, 0) is 30.7 Å². The first-order valence-corrected chi connectivity index (χ1v) is 8.74. The number of aryl methyl sites for hydroxylation is 1. The molecule has 1 amide bonds. The number of aromatic nitrogens is 3. The van der Waals surface area contributed by atoms with Crippen LogP contribution in [0.5, 0.6) is 0 Å². The Labute approximate surface area is 150 Å². The van der Waals surface area contributed by atoms with Gasteiger partial charge in [-0.15, -0.1) is 16.8 Å². The maximum absolute atomic E-state index is 12.2. The number of anilines is 1. The highest BCUT2D eigenvalue weighted by atomic mass is 32.2. The summed E-state index contributed by atoms with van der Waals surface area (Å²) < 4.78 is 7.26. The number of hydrogen-bond acceptors (Lipinski definition) is 5. The summed E-state index contributed by atoms with van der Waals surface area (Å²) in [6, 6.07) is 11.3. The number of carbonyl (C=O) groups excluding carboxylic acids is 1. The van der Waals surface area contributed by atoms with Crippen LogP contribution in [0.1, 0.15) is 5.56 Å². The van der Waals surface area contributed by atoms with Gasteiger partial charge in [0.05, 0.1) is 12.0 Å². The molecule has 0 aliphatic heterocycles. The van der Waals surface area contributed by atoms with Crippen LogP contribution in [0.4, 0.5) is 5.69 Å². The summed E-state index contributed by atoms with van der Waals surface area (Å²) in [4.78, 5) is 12.2. The molecule has 1 aromatic carbocycles. The summed E-state index contributed by atoms with van der Waals surface area (Å²) in [5.74, 6) is 1.39. The first-order chi connectivity index (χ1) is 12.2. The summed E-state index contributed by atoms with van der Waals surface area (Å²) >= 11 is 1.33. The van der Waals surface area contributed by atoms with Crippen molar-refractivity contribution in [2.24, 2.45) is 0 Å². The molecule has 0 fully saturated rings. The SMILES string of the molecule is C=CCn1c(SCC(=O)Nc2ccccc2C)nnc1-c1ccco1. The summed E-state index contributed by atoms with van der Waals surface area (Å²) in [5.41, 5.74) is 1.84. The molecule has 2 heterocycles. The van der Waals surface area contributed by atoms with Gasteiger partial charge in [-0.3, -0.25) is 9.36 Å². The van der Waals surface area contributed by atoms with Crippen molar-refractivity contribution in [3.8, 4) is 11.6 Å². The lowest BCUT2D eigenvalue weighted by molar-refractivity contribution is -0.113. The molecule has 1 N–H and O–H groups in total. The quantitative estimate of drug-likeness (QED) is 0.516. The van der Waals surface area contributed by atoms with Crippen LogP contribution in [0.3, 0.4) is 0 Å². The van der Waals surface area contributed by atoms with E-state index in [1.165, 1.54) is 11.8 Å². The lowest BCUT2D eigenvalue weighted by Gasteiger charge is -2.08. The second kappa shape index (κ2) is 7.85. The Hall–Kier alpha value is -2.80. The number of nitrogens with zero attached hydrogens (tertiary/aromatic N) is 3. The third kappa shape index (κ3) is 4.00. The van der Waals surface area contributed by atoms with Crippen LogP contribution in [-0.4, -0.2) is 26.4 Å². The number of hydrogen-bond donors (Lipinski definition) is 1. The highest BCUT2D eigenvalue weighted by Gasteiger charge is 2.16. The van der Waals surface area contributed by atoms with Crippen molar-refractivity contribution in [3.63, 3.8) is 0 Å². The van der Waals surface area contributed by atoms with Gasteiger partial charge in [-0.25, -0.2) is 0 Å². The van der Waals surface area contributed by atoms with E-state index in [9.17, 15) is 4.79 Å². The highest BCUT2D eigenvalue weighted by Crippen LogP contribution is 2.24. The van der Waals surface area contributed by atoms with Crippen LogP contribution < -0.4 is 5.32 Å². The maximum atomic E-state index is 12.2. The van der Waals surface area contributed by atoms with Crippen molar-refractivity contribution in [2.75, 3.05) is 11.1 Å². The van der Waals surface area contributed by atoms with E-state index in [4.69, 9.17) is 4.42 Å². The summed E-state index contributed by atoms with van der Waals surface area (Å²) in [6.07, 6.45) is 3.35. The number of rotatable bonds is 7. The molecule has 0 aliphatic carbocycles. The van der Waals surface area contributed by atoms with Crippen LogP contribution in [0.2, 0.25) is 0 Å². The number of amides is 1. The minimum Gasteiger partial charge on any atom is -0.461 e. The Kier molecular flexibility index (Phi) is 5.35. The van der Waals surface area contributed by atoms with Gasteiger partial charge >= 0.3 is 0 Å². The number of para-hydroxylation sites is 1. The van der Waals surface area contributed by atoms with Gasteiger partial charge in [0.2, 0.25) is 11.7 Å². The van der Waals surface area contributed by atoms with E-state index in [0.29, 0.717) is 23.3 Å². The average molecular weight is 354 g/mol. The molecule has 25 heavy (non-hydrogen) atoms. The number of nitrogens with one attached hydrogen (secondary N) is 1. The Balaban J connectivity index is 1.69. The molecular formula is C18H18N4O2S. The van der Waals surface area contributed by atoms with E-state index in [1.807, 2.05) is 41.8 Å². The minimum atomic E-state index is -0.0907. The molecule has 3 rings (SSSR count). The van der Waals surface area contributed by atoms with Gasteiger partial charge in [0.15, 0.2) is 10.9 Å². The second-order valence-corrected chi connectivity index (χ2v) is 6.28. The van der Waals surface area contributed by atoms with Gasteiger partial charge in [0.1, 0.15) is 0 Å². The topological polar surface area (TPSA) is 73.0 Å². The van der Waals surface area contributed by atoms with Gasteiger partial charge < -0.3 is 9.73 Å². The zero-order chi connectivity index (χ0) is 17.6. The molecule has 0 aliphatic rings. The standard InChI is InChI=1S/C18H18N4O2S/c1-3-10-22-17(15-9-6-11-24-15)20-21-18(22)25-12-16(23)19-14-8-5-4-7-13(14)2/h3-9,11H,1,10,12H2,2H3,(H,19,23). The van der Waals surface area contributed by atoms with Crippen LogP contribution >= 0.6 is 11.8 Å². The molecule has 7 heteroatoms. The van der Waals surface area contributed by atoms with Crippen molar-refractivity contribution >= 4 is 23.4 Å². The van der Waals surface area contributed by atoms with Gasteiger partial charge in [-0.1, -0.05) is 36.0 Å². The molecule has 0 radical (unpaired) electrons. The first kappa shape index (κ1) is 17.0. The molecule has 6 nitrogen and oxygen atoms in total. The fraction of sp³-hybridized carbons (Fsp3) is 0.167. The van der Waals surface area contributed by atoms with Crippen LogP contribution in [0, 0.1) is 6.92 Å². The number of thioether (sulfide) groups is 1. The molecule has 3 aromatic rings. The monoisotopic (exact) mass is 354 g/mol. The van der Waals surface area contributed by atoms with Gasteiger partial charge in [-0.2, -0.15) is 0 Å². The third-order valence-electron chi connectivity index (χ3n) is 3.52. The Morgan fingerprint density at radius 3 is 2.88 bits per heavy atom. The molecule has 0 saturated heterocycles. The van der Waals surface area contributed by atoms with Crippen molar-refractivity contribution in [2.45, 2.75) is 18.6 Å². The number of benzene rings is 1. The number of carbonyl (C=O) groups is 1. The first-order valence-electron chi connectivity index (χ1n) is 7.75. The van der Waals surface area contributed by atoms with Gasteiger partial charge in [0, 0.05) is 12.2 Å². The predicted molar refractivity (Wildman–Crippen MR) is 98.5 cm³/mol. The normalized spacial score (nSPS) is 10.6. The fourth-order valence-electron chi connectivity index (χ4n) is 2.31. The van der Waals surface area contributed by atoms with E-state index >= 15 is 0 Å². The summed E-state index contributed by atoms with van der Waals surface area (Å²) in [6.45, 7) is 6.25. The molecule has 0 bridgehead atoms. The van der Waals surface area contributed by atoms with E-state index < -0.39 is 0 Å². The van der Waals surface area contributed by atoms with Crippen molar-refractivity contribution in [1.82, 2.24) is 14.8 Å². The Morgan fingerprint density at radius 2 is 2.16 bits per heavy atom. The van der Waals surface area contributed by atoms with Crippen molar-refractivity contribution in [1.29, 1.82) is 0 Å². The molecule has 2 aromatic heterocycles. The molecular weight excluding hydrogens is 336 g/mol. The second-order valence-electron chi connectivity index (χ2n) is 5.33. The maximum Gasteiger partial charge on any atom is 0.234 e. The minimum absolute atomic E-state index is 0.0907. The van der Waals surface area contributed by atoms with Crippen LogP contribution in [0.25, 0.3) is 11.6 Å². The van der Waals surface area contributed by atoms with E-state index in [2.05, 4.69) is 22.1 Å². The highest BCUT2D eigenvalue weighted by molar-refractivity contribution is 7.99. The van der Waals surface area contributed by atoms with Gasteiger partial charge in [0.25, 0.3) is 0 Å². The average Bonchev–Trinajstić information content (AvgIpc) is 3.25. The van der Waals surface area contributed by atoms with Crippen molar-refractivity contribution < 1.29 is 9.21 Å². The smallest absolute Gasteiger partial charge is 0.234 e. The fourth-order valence-corrected chi connectivity index (χ4v) is 3.05. The summed E-state index contributed by atoms with van der Waals surface area (Å²) in [7, 11) is 0. The Morgan fingerprint density at radius 1 is 1.32 bits per heavy atom. The molecule has 0 unspecified atom stereocenters. The lowest BCUT2D eigenvalue weighted by atomic mass is 10.2. The van der Waals surface area contributed by atoms with Crippen molar-refractivity contribution in [3.05, 3.63) is 60.9 Å². The lowest BCUT2D eigenvalue weighted by Crippen LogP contribution is -2.15. The zero-order valence-corrected chi connectivity index (χ0v) is 14.6. The molecule has 0 saturated carbocycles. The number of furan rings is 1. The van der Waals surface area contributed by atoms with Crippen LogP contribution in [-0.2, 0) is 11.3 Å². The molecule has 128 valence electrons. The predicted octanol–water partition coefficient (Wildman–Crippen LogP) is 3.76. The molecule has 0 atom stereocenters. The third-order valence-corrected chi connectivity index (χ3v) is 4.49. The summed E-state index contributed by atoms with van der Waals surface area (Å²) in [5, 5.41) is 11.9. The zero-order valence-electron chi connectivity index (χ0n) is 13.8.